The van der Waals surface area contributed by atoms with Gasteiger partial charge in [-0.3, -0.25) is 4.79 Å². The Morgan fingerprint density at radius 3 is 2.61 bits per heavy atom. The van der Waals surface area contributed by atoms with E-state index in [1.54, 1.807) is 6.92 Å². The van der Waals surface area contributed by atoms with Crippen LogP contribution in [0.5, 0.6) is 0 Å². The van der Waals surface area contributed by atoms with Gasteiger partial charge in [0.15, 0.2) is 0 Å². The number of methoxy groups -OCH3 is 1. The summed E-state index contributed by atoms with van der Waals surface area (Å²) in [7, 11) is 1.30. The highest BCUT2D eigenvalue weighted by atomic mass is 32.2. The molecule has 0 aromatic heterocycles. The molecule has 1 saturated heterocycles. The third-order valence-electron chi connectivity index (χ3n) is 2.85. The predicted molar refractivity (Wildman–Crippen MR) is 73.4 cm³/mol. The Hall–Kier alpha value is -0.660. The molecule has 0 bridgehead atoms. The van der Waals surface area contributed by atoms with Gasteiger partial charge in [0, 0.05) is 10.6 Å². The number of rotatable bonds is 4. The van der Waals surface area contributed by atoms with Crippen LogP contribution in [0.3, 0.4) is 0 Å². The summed E-state index contributed by atoms with van der Waals surface area (Å²) in [6, 6.07) is -0.549. The average Bonchev–Trinajstić information content (AvgIpc) is 2.83. The van der Waals surface area contributed by atoms with Gasteiger partial charge in [0.05, 0.1) is 25.0 Å². The Morgan fingerprint density at radius 2 is 2.11 bits per heavy atom. The minimum atomic E-state index is -0.814. The van der Waals surface area contributed by atoms with Crippen LogP contribution in [0.2, 0.25) is 0 Å². The summed E-state index contributed by atoms with van der Waals surface area (Å²) in [5.41, 5.74) is 0. The lowest BCUT2D eigenvalue weighted by Gasteiger charge is -2.25. The molecule has 7 heteroatoms. The molecule has 1 amide bonds. The smallest absolute Gasteiger partial charge is 0.329 e. The van der Waals surface area contributed by atoms with Crippen molar-refractivity contribution in [2.75, 3.05) is 18.7 Å². The number of thiocarbonyl (C=S) groups is 1. The van der Waals surface area contributed by atoms with Crippen LogP contribution in [0.1, 0.15) is 13.8 Å². The minimum absolute atomic E-state index is 0.235. The van der Waals surface area contributed by atoms with Gasteiger partial charge in [0.1, 0.15) is 6.04 Å². The average molecular weight is 291 g/mol. The number of carbonyl (C=O) groups excluding carboxylic acids is 2. The number of carbonyl (C=O) groups is 2. The predicted octanol–water partition coefficient (Wildman–Crippen LogP) is 0.448. The van der Waals surface area contributed by atoms with E-state index in [0.717, 1.165) is 0 Å². The molecule has 3 unspecified atom stereocenters. The molecule has 1 aliphatic rings. The molecule has 5 nitrogen and oxygen atoms in total. The van der Waals surface area contributed by atoms with Crippen LogP contribution in [-0.4, -0.2) is 57.6 Å². The van der Waals surface area contributed by atoms with Gasteiger partial charge in [0.25, 0.3) is 0 Å². The molecule has 1 fully saturated rings. The summed E-state index contributed by atoms with van der Waals surface area (Å²) < 4.78 is 4.67. The van der Waals surface area contributed by atoms with Gasteiger partial charge in [-0.1, -0.05) is 12.2 Å². The van der Waals surface area contributed by atoms with Crippen molar-refractivity contribution < 1.29 is 19.4 Å². The van der Waals surface area contributed by atoms with E-state index in [-0.39, 0.29) is 5.91 Å². The molecule has 0 radical (unpaired) electrons. The van der Waals surface area contributed by atoms with Crippen molar-refractivity contribution >= 4 is 40.7 Å². The molecular weight excluding hydrogens is 274 g/mol. The van der Waals surface area contributed by atoms with Crippen LogP contribution in [0, 0.1) is 5.92 Å². The fourth-order valence-electron chi connectivity index (χ4n) is 1.72. The quantitative estimate of drug-likeness (QED) is 0.599. The molecule has 3 atom stereocenters. The monoisotopic (exact) mass is 291 g/mol. The Morgan fingerprint density at radius 1 is 1.50 bits per heavy atom. The molecule has 0 saturated carbocycles. The van der Waals surface area contributed by atoms with Gasteiger partial charge in [-0.2, -0.15) is 0 Å². The van der Waals surface area contributed by atoms with E-state index in [9.17, 15) is 14.7 Å². The number of hydrogen-bond acceptors (Lipinski definition) is 6. The van der Waals surface area contributed by atoms with E-state index >= 15 is 0 Å². The molecule has 1 heterocycles. The fourth-order valence-corrected chi connectivity index (χ4v) is 2.97. The van der Waals surface area contributed by atoms with Crippen LogP contribution in [-0.2, 0) is 14.3 Å². The summed E-state index contributed by atoms with van der Waals surface area (Å²) in [6.45, 7) is 3.18. The summed E-state index contributed by atoms with van der Waals surface area (Å²) >= 11 is 6.52. The van der Waals surface area contributed by atoms with Crippen molar-refractivity contribution in [1.29, 1.82) is 0 Å². The largest absolute Gasteiger partial charge is 0.467 e. The lowest BCUT2D eigenvalue weighted by atomic mass is 10.0. The van der Waals surface area contributed by atoms with Crippen LogP contribution in [0.15, 0.2) is 0 Å². The van der Waals surface area contributed by atoms with Crippen LogP contribution >= 0.6 is 24.0 Å². The van der Waals surface area contributed by atoms with Gasteiger partial charge in [0.2, 0.25) is 5.91 Å². The zero-order chi connectivity index (χ0) is 13.9. The normalized spacial score (nSPS) is 22.4. The fraction of sp³-hybridized carbons (Fsp3) is 0.727. The zero-order valence-electron chi connectivity index (χ0n) is 10.6. The minimum Gasteiger partial charge on any atom is -0.467 e. The number of aliphatic hydroxyl groups is 1. The number of nitrogens with zero attached hydrogens (tertiary/aromatic N) is 1. The first-order chi connectivity index (χ1) is 8.40. The highest BCUT2D eigenvalue weighted by Crippen LogP contribution is 2.24. The first kappa shape index (κ1) is 15.4. The molecular formula is C11H17NO4S2. The molecule has 0 aromatic rings. The lowest BCUT2D eigenvalue weighted by molar-refractivity contribution is -0.151. The number of hydrogen-bond donors (Lipinski definition) is 1. The Labute approximate surface area is 116 Å². The lowest BCUT2D eigenvalue weighted by Crippen LogP contribution is -2.46. The third kappa shape index (κ3) is 3.21. The van der Waals surface area contributed by atoms with E-state index in [0.29, 0.717) is 16.5 Å². The van der Waals surface area contributed by atoms with Crippen molar-refractivity contribution in [3.8, 4) is 0 Å². The molecule has 1 N–H and O–H groups in total. The van der Waals surface area contributed by atoms with Crippen LogP contribution in [0.4, 0.5) is 0 Å². The second-order valence-electron chi connectivity index (χ2n) is 4.15. The van der Waals surface area contributed by atoms with Gasteiger partial charge < -0.3 is 14.7 Å². The highest BCUT2D eigenvalue weighted by Gasteiger charge is 2.38. The standard InChI is InChI=1S/C11H17NO4S2/c1-6(9(17)7(2)13)10(14)12-5-18-4-8(12)11(15)16-3/h6-8,13H,4-5H2,1-3H3. The van der Waals surface area contributed by atoms with Crippen LogP contribution < -0.4 is 0 Å². The second-order valence-corrected chi connectivity index (χ2v) is 5.62. The number of thioether (sulfide) groups is 1. The SMILES string of the molecule is COC(=O)C1CSCN1C(=O)C(C)C(=S)C(C)O. The van der Waals surface area contributed by atoms with Crippen molar-refractivity contribution in [1.82, 2.24) is 4.90 Å². The highest BCUT2D eigenvalue weighted by molar-refractivity contribution is 7.99. The van der Waals surface area contributed by atoms with Gasteiger partial charge in [-0.15, -0.1) is 11.8 Å². The van der Waals surface area contributed by atoms with Gasteiger partial charge >= 0.3 is 5.97 Å². The summed E-state index contributed by atoms with van der Waals surface area (Å²) in [6.07, 6.45) is -0.814. The Bertz CT molecular complexity index is 359. The Kier molecular flexibility index (Phi) is 5.55. The molecule has 102 valence electrons. The van der Waals surface area contributed by atoms with Gasteiger partial charge in [-0.25, -0.2) is 4.79 Å². The molecule has 18 heavy (non-hydrogen) atoms. The van der Waals surface area contributed by atoms with E-state index in [4.69, 9.17) is 12.2 Å². The maximum Gasteiger partial charge on any atom is 0.329 e. The number of aliphatic hydroxyl groups excluding tert-OH is 1. The molecule has 1 rings (SSSR count). The molecule has 1 aliphatic heterocycles. The zero-order valence-corrected chi connectivity index (χ0v) is 12.2. The number of amides is 1. The summed E-state index contributed by atoms with van der Waals surface area (Å²) in [4.78, 5) is 25.5. The first-order valence-electron chi connectivity index (χ1n) is 5.58. The first-order valence-corrected chi connectivity index (χ1v) is 7.14. The second kappa shape index (κ2) is 6.49. The molecule has 0 spiro atoms. The topological polar surface area (TPSA) is 66.8 Å². The maximum atomic E-state index is 12.2. The van der Waals surface area contributed by atoms with E-state index in [2.05, 4.69) is 4.74 Å². The molecule has 0 aromatic carbocycles. The summed E-state index contributed by atoms with van der Waals surface area (Å²) in [5, 5.41) is 9.40. The Balaban J connectivity index is 2.77. The summed E-state index contributed by atoms with van der Waals surface area (Å²) in [5.74, 6) is -0.242. The van der Waals surface area contributed by atoms with Crippen molar-refractivity contribution in [3.63, 3.8) is 0 Å². The van der Waals surface area contributed by atoms with E-state index in [1.165, 1.54) is 30.7 Å². The van der Waals surface area contributed by atoms with Crippen molar-refractivity contribution in [2.45, 2.75) is 26.0 Å². The number of esters is 1. The van der Waals surface area contributed by atoms with E-state index in [1.807, 2.05) is 0 Å². The van der Waals surface area contributed by atoms with Crippen LogP contribution in [0.25, 0.3) is 0 Å². The number of ether oxygens (including phenoxy) is 1. The third-order valence-corrected chi connectivity index (χ3v) is 4.55. The van der Waals surface area contributed by atoms with Crippen molar-refractivity contribution in [3.05, 3.63) is 0 Å². The van der Waals surface area contributed by atoms with Crippen molar-refractivity contribution in [2.24, 2.45) is 5.92 Å². The van der Waals surface area contributed by atoms with Gasteiger partial charge in [-0.05, 0) is 13.8 Å². The van der Waals surface area contributed by atoms with E-state index < -0.39 is 24.0 Å². The molecule has 0 aliphatic carbocycles. The maximum absolute atomic E-state index is 12.2.